The van der Waals surface area contributed by atoms with Crippen LogP contribution in [0.1, 0.15) is 12.1 Å². The lowest BCUT2D eigenvalue weighted by Gasteiger charge is -2.08. The van der Waals surface area contributed by atoms with Crippen LogP contribution < -0.4 is 5.73 Å². The van der Waals surface area contributed by atoms with Crippen molar-refractivity contribution in [1.82, 2.24) is 9.55 Å². The molecule has 0 aliphatic heterocycles. The Bertz CT molecular complexity index is 569. The molecule has 19 heavy (non-hydrogen) atoms. The summed E-state index contributed by atoms with van der Waals surface area (Å²) >= 11 is 12.1. The monoisotopic (exact) mass is 299 g/mol. The van der Waals surface area contributed by atoms with E-state index in [-0.39, 0.29) is 6.61 Å². The second-order valence-corrected chi connectivity index (χ2v) is 4.98. The summed E-state index contributed by atoms with van der Waals surface area (Å²) in [4.78, 5) is 4.37. The number of aliphatic hydroxyl groups is 1. The fraction of sp³-hybridized carbons (Fsp3) is 0.308. The SMILES string of the molecule is NCc1c(-c2ccc(Cl)cc2Cl)ncn1CCCO. The van der Waals surface area contributed by atoms with Gasteiger partial charge in [-0.3, -0.25) is 0 Å². The molecule has 1 aromatic heterocycles. The number of benzene rings is 1. The highest BCUT2D eigenvalue weighted by molar-refractivity contribution is 6.36. The van der Waals surface area contributed by atoms with Crippen LogP contribution >= 0.6 is 23.2 Å². The van der Waals surface area contributed by atoms with E-state index < -0.39 is 0 Å². The van der Waals surface area contributed by atoms with E-state index in [1.807, 2.05) is 10.6 Å². The second-order valence-electron chi connectivity index (χ2n) is 4.14. The van der Waals surface area contributed by atoms with Crippen molar-refractivity contribution in [1.29, 1.82) is 0 Å². The van der Waals surface area contributed by atoms with E-state index in [1.54, 1.807) is 18.5 Å². The highest BCUT2D eigenvalue weighted by atomic mass is 35.5. The molecule has 2 aromatic rings. The average molecular weight is 300 g/mol. The summed E-state index contributed by atoms with van der Waals surface area (Å²) in [6.07, 6.45) is 2.38. The molecule has 0 spiro atoms. The molecule has 4 nitrogen and oxygen atoms in total. The van der Waals surface area contributed by atoms with E-state index in [1.165, 1.54) is 0 Å². The molecule has 0 amide bonds. The number of hydrogen-bond donors (Lipinski definition) is 2. The van der Waals surface area contributed by atoms with Crippen molar-refractivity contribution < 1.29 is 5.11 Å². The van der Waals surface area contributed by atoms with Crippen molar-refractivity contribution >= 4 is 23.2 Å². The van der Waals surface area contributed by atoms with Gasteiger partial charge in [-0.25, -0.2) is 4.98 Å². The summed E-state index contributed by atoms with van der Waals surface area (Å²) in [5.41, 5.74) is 8.27. The van der Waals surface area contributed by atoms with Crippen molar-refractivity contribution in [2.75, 3.05) is 6.61 Å². The number of aryl methyl sites for hydroxylation is 1. The van der Waals surface area contributed by atoms with E-state index in [9.17, 15) is 0 Å². The summed E-state index contributed by atoms with van der Waals surface area (Å²) in [6, 6.07) is 5.30. The van der Waals surface area contributed by atoms with Gasteiger partial charge in [0.2, 0.25) is 0 Å². The minimum absolute atomic E-state index is 0.138. The zero-order chi connectivity index (χ0) is 13.8. The van der Waals surface area contributed by atoms with E-state index in [0.717, 1.165) is 17.0 Å². The minimum atomic E-state index is 0.138. The van der Waals surface area contributed by atoms with Crippen LogP contribution in [0.5, 0.6) is 0 Å². The number of halogens is 2. The lowest BCUT2D eigenvalue weighted by Crippen LogP contribution is -2.08. The average Bonchev–Trinajstić information content (AvgIpc) is 2.79. The number of imidazole rings is 1. The lowest BCUT2D eigenvalue weighted by atomic mass is 10.1. The molecule has 3 N–H and O–H groups in total. The minimum Gasteiger partial charge on any atom is -0.396 e. The Kier molecular flexibility index (Phi) is 4.82. The summed E-state index contributed by atoms with van der Waals surface area (Å²) in [5, 5.41) is 10.0. The standard InChI is InChI=1S/C13H15Cl2N3O/c14-9-2-3-10(11(15)6-9)13-12(7-16)18(8-17-13)4-1-5-19/h2-3,6,8,19H,1,4-5,7,16H2. The molecule has 0 fully saturated rings. The molecule has 6 heteroatoms. The van der Waals surface area contributed by atoms with Crippen LogP contribution in [0.2, 0.25) is 10.0 Å². The van der Waals surface area contributed by atoms with E-state index in [2.05, 4.69) is 4.98 Å². The highest BCUT2D eigenvalue weighted by Gasteiger charge is 2.14. The number of nitrogens with two attached hydrogens (primary N) is 1. The van der Waals surface area contributed by atoms with Gasteiger partial charge in [0, 0.05) is 30.3 Å². The molecule has 0 aliphatic rings. The van der Waals surface area contributed by atoms with Gasteiger partial charge < -0.3 is 15.4 Å². The maximum atomic E-state index is 8.89. The molecule has 0 atom stereocenters. The molecule has 0 saturated heterocycles. The van der Waals surface area contributed by atoms with Gasteiger partial charge in [-0.1, -0.05) is 23.2 Å². The highest BCUT2D eigenvalue weighted by Crippen LogP contribution is 2.31. The van der Waals surface area contributed by atoms with Crippen LogP contribution in [0.3, 0.4) is 0 Å². The Labute approximate surface area is 121 Å². The van der Waals surface area contributed by atoms with Crippen LogP contribution in [0.15, 0.2) is 24.5 Å². The zero-order valence-electron chi connectivity index (χ0n) is 10.3. The van der Waals surface area contributed by atoms with Gasteiger partial charge in [0.05, 0.1) is 22.7 Å². The Balaban J connectivity index is 2.41. The fourth-order valence-corrected chi connectivity index (χ4v) is 2.46. The quantitative estimate of drug-likeness (QED) is 0.892. The van der Waals surface area contributed by atoms with E-state index in [0.29, 0.717) is 29.6 Å². The molecule has 0 radical (unpaired) electrons. The molecular weight excluding hydrogens is 285 g/mol. The van der Waals surface area contributed by atoms with Gasteiger partial charge in [0.1, 0.15) is 0 Å². The predicted molar refractivity (Wildman–Crippen MR) is 77.3 cm³/mol. The summed E-state index contributed by atoms with van der Waals surface area (Å²) in [5.74, 6) is 0. The van der Waals surface area contributed by atoms with Gasteiger partial charge >= 0.3 is 0 Å². The van der Waals surface area contributed by atoms with Crippen molar-refractivity contribution in [3.8, 4) is 11.3 Å². The van der Waals surface area contributed by atoms with Gasteiger partial charge in [-0.05, 0) is 24.6 Å². The van der Waals surface area contributed by atoms with Gasteiger partial charge in [-0.15, -0.1) is 0 Å². The first-order valence-electron chi connectivity index (χ1n) is 5.97. The van der Waals surface area contributed by atoms with Crippen molar-refractivity contribution in [2.24, 2.45) is 5.73 Å². The van der Waals surface area contributed by atoms with Gasteiger partial charge in [0.15, 0.2) is 0 Å². The van der Waals surface area contributed by atoms with Crippen molar-refractivity contribution in [2.45, 2.75) is 19.5 Å². The first-order chi connectivity index (χ1) is 9.17. The Hall–Kier alpha value is -1.07. The molecule has 1 aromatic carbocycles. The first-order valence-corrected chi connectivity index (χ1v) is 6.73. The molecule has 1 heterocycles. The van der Waals surface area contributed by atoms with Crippen molar-refractivity contribution in [3.05, 3.63) is 40.3 Å². The van der Waals surface area contributed by atoms with Crippen LogP contribution in [-0.2, 0) is 13.1 Å². The largest absolute Gasteiger partial charge is 0.396 e. The third-order valence-corrected chi connectivity index (χ3v) is 3.43. The summed E-state index contributed by atoms with van der Waals surface area (Å²) in [6.45, 7) is 1.18. The third-order valence-electron chi connectivity index (χ3n) is 2.88. The fourth-order valence-electron chi connectivity index (χ4n) is 1.96. The maximum Gasteiger partial charge on any atom is 0.0956 e. The van der Waals surface area contributed by atoms with Crippen LogP contribution in [0.4, 0.5) is 0 Å². The number of aromatic nitrogens is 2. The first kappa shape index (κ1) is 14.3. The maximum absolute atomic E-state index is 8.89. The molecule has 0 bridgehead atoms. The molecule has 0 aliphatic carbocycles. The number of aliphatic hydroxyl groups excluding tert-OH is 1. The van der Waals surface area contributed by atoms with Crippen molar-refractivity contribution in [3.63, 3.8) is 0 Å². The number of rotatable bonds is 5. The third kappa shape index (κ3) is 3.09. The molecule has 102 valence electrons. The molecule has 2 rings (SSSR count). The topological polar surface area (TPSA) is 64.1 Å². The van der Waals surface area contributed by atoms with E-state index in [4.69, 9.17) is 34.0 Å². The Morgan fingerprint density at radius 2 is 2.11 bits per heavy atom. The van der Waals surface area contributed by atoms with Gasteiger partial charge in [0.25, 0.3) is 0 Å². The summed E-state index contributed by atoms with van der Waals surface area (Å²) < 4.78 is 1.94. The summed E-state index contributed by atoms with van der Waals surface area (Å²) in [7, 11) is 0. The Morgan fingerprint density at radius 1 is 1.32 bits per heavy atom. The molecular formula is C13H15Cl2N3O. The van der Waals surface area contributed by atoms with Crippen LogP contribution in [0, 0.1) is 0 Å². The van der Waals surface area contributed by atoms with Crippen LogP contribution in [0.25, 0.3) is 11.3 Å². The zero-order valence-corrected chi connectivity index (χ0v) is 11.8. The van der Waals surface area contributed by atoms with E-state index >= 15 is 0 Å². The normalized spacial score (nSPS) is 10.9. The molecule has 0 saturated carbocycles. The molecule has 0 unspecified atom stereocenters. The number of nitrogens with zero attached hydrogens (tertiary/aromatic N) is 2. The number of hydrogen-bond acceptors (Lipinski definition) is 3. The smallest absolute Gasteiger partial charge is 0.0956 e. The lowest BCUT2D eigenvalue weighted by molar-refractivity contribution is 0.279. The van der Waals surface area contributed by atoms with Crippen LogP contribution in [-0.4, -0.2) is 21.3 Å². The predicted octanol–water partition coefficient (Wildman–Crippen LogP) is 2.70. The van der Waals surface area contributed by atoms with Gasteiger partial charge in [-0.2, -0.15) is 0 Å². The second kappa shape index (κ2) is 6.39. The Morgan fingerprint density at radius 3 is 2.74 bits per heavy atom.